The number of piperazine rings is 1. The molecule has 0 radical (unpaired) electrons. The van der Waals surface area contributed by atoms with Crippen LogP contribution >= 0.6 is 0 Å². The Morgan fingerprint density at radius 3 is 2.62 bits per heavy atom. The lowest BCUT2D eigenvalue weighted by Gasteiger charge is -2.28. The van der Waals surface area contributed by atoms with Gasteiger partial charge in [-0.25, -0.2) is 0 Å². The average Bonchev–Trinajstić information content (AvgIpc) is 2.34. The molecule has 1 saturated heterocycles. The predicted octanol–water partition coefficient (Wildman–Crippen LogP) is 0.540. The van der Waals surface area contributed by atoms with Crippen molar-refractivity contribution in [2.45, 2.75) is 26.2 Å². The molecule has 0 aliphatic carbocycles. The van der Waals surface area contributed by atoms with Gasteiger partial charge in [0.2, 0.25) is 5.91 Å². The van der Waals surface area contributed by atoms with E-state index in [2.05, 4.69) is 24.2 Å². The number of amides is 1. The zero-order chi connectivity index (χ0) is 11.8. The molecule has 0 atom stereocenters. The van der Waals surface area contributed by atoms with Gasteiger partial charge in [0.1, 0.15) is 0 Å². The Morgan fingerprint density at radius 1 is 1.31 bits per heavy atom. The van der Waals surface area contributed by atoms with E-state index in [4.69, 9.17) is 0 Å². The first kappa shape index (κ1) is 13.5. The molecule has 0 unspecified atom stereocenters. The van der Waals surface area contributed by atoms with Crippen molar-refractivity contribution in [1.82, 2.24) is 15.1 Å². The fourth-order valence-corrected chi connectivity index (χ4v) is 1.90. The van der Waals surface area contributed by atoms with Crippen molar-refractivity contribution in [2.24, 2.45) is 0 Å². The lowest BCUT2D eigenvalue weighted by molar-refractivity contribution is -0.132. The number of nitrogens with one attached hydrogen (secondary N) is 1. The van der Waals surface area contributed by atoms with E-state index in [0.717, 1.165) is 39.3 Å². The fourth-order valence-electron chi connectivity index (χ4n) is 1.90. The van der Waals surface area contributed by atoms with Gasteiger partial charge >= 0.3 is 0 Å². The second kappa shape index (κ2) is 7.63. The number of carbonyl (C=O) groups is 1. The molecule has 4 nitrogen and oxygen atoms in total. The number of hydrogen-bond donors (Lipinski definition) is 1. The van der Waals surface area contributed by atoms with Crippen LogP contribution in [0, 0.1) is 0 Å². The van der Waals surface area contributed by atoms with Crippen LogP contribution in [0.15, 0.2) is 0 Å². The average molecular weight is 227 g/mol. The van der Waals surface area contributed by atoms with Crippen molar-refractivity contribution in [3.63, 3.8) is 0 Å². The third-order valence-corrected chi connectivity index (χ3v) is 3.07. The molecule has 1 heterocycles. The molecule has 1 aliphatic heterocycles. The van der Waals surface area contributed by atoms with Gasteiger partial charge in [-0.05, 0) is 20.0 Å². The Morgan fingerprint density at radius 2 is 2.00 bits per heavy atom. The van der Waals surface area contributed by atoms with E-state index in [-0.39, 0.29) is 0 Å². The lowest BCUT2D eigenvalue weighted by Crippen LogP contribution is -2.47. The Kier molecular flexibility index (Phi) is 6.42. The molecule has 4 heteroatoms. The molecule has 1 fully saturated rings. The van der Waals surface area contributed by atoms with Crippen LogP contribution in [0.4, 0.5) is 0 Å². The van der Waals surface area contributed by atoms with E-state index in [1.54, 1.807) is 0 Å². The van der Waals surface area contributed by atoms with Gasteiger partial charge in [-0.15, -0.1) is 0 Å². The first-order valence-corrected chi connectivity index (χ1v) is 6.41. The van der Waals surface area contributed by atoms with E-state index < -0.39 is 0 Å². The first-order valence-electron chi connectivity index (χ1n) is 6.41. The summed E-state index contributed by atoms with van der Waals surface area (Å²) in [5.74, 6) is 0.310. The zero-order valence-corrected chi connectivity index (χ0v) is 10.7. The molecule has 1 aliphatic rings. The molecule has 0 aromatic heterocycles. The van der Waals surface area contributed by atoms with Crippen LogP contribution in [-0.4, -0.2) is 62.0 Å². The molecule has 94 valence electrons. The van der Waals surface area contributed by atoms with Crippen LogP contribution in [0.1, 0.15) is 26.2 Å². The van der Waals surface area contributed by atoms with Crippen LogP contribution < -0.4 is 5.32 Å². The van der Waals surface area contributed by atoms with Gasteiger partial charge in [-0.2, -0.15) is 0 Å². The minimum absolute atomic E-state index is 0.310. The molecular weight excluding hydrogens is 202 g/mol. The normalized spacial score (nSPS) is 16.8. The fraction of sp³-hybridized carbons (Fsp3) is 0.917. The van der Waals surface area contributed by atoms with Crippen molar-refractivity contribution in [3.05, 3.63) is 0 Å². The third-order valence-electron chi connectivity index (χ3n) is 3.07. The summed E-state index contributed by atoms with van der Waals surface area (Å²) in [6.45, 7) is 7.82. The number of unbranched alkanes of at least 4 members (excludes halogenated alkanes) is 1. The maximum absolute atomic E-state index is 11.8. The van der Waals surface area contributed by atoms with Crippen molar-refractivity contribution in [3.8, 4) is 0 Å². The van der Waals surface area contributed by atoms with Crippen LogP contribution in [0.5, 0.6) is 0 Å². The molecule has 0 saturated carbocycles. The topological polar surface area (TPSA) is 35.6 Å². The van der Waals surface area contributed by atoms with Crippen LogP contribution in [0.3, 0.4) is 0 Å². The molecule has 0 aromatic carbocycles. The van der Waals surface area contributed by atoms with Crippen LogP contribution in [0.25, 0.3) is 0 Å². The summed E-state index contributed by atoms with van der Waals surface area (Å²) in [7, 11) is 2.10. The monoisotopic (exact) mass is 227 g/mol. The summed E-state index contributed by atoms with van der Waals surface area (Å²) in [5, 5.41) is 3.26. The van der Waals surface area contributed by atoms with Crippen LogP contribution in [0.2, 0.25) is 0 Å². The van der Waals surface area contributed by atoms with Gasteiger partial charge < -0.3 is 15.1 Å². The highest BCUT2D eigenvalue weighted by molar-refractivity contribution is 5.76. The van der Waals surface area contributed by atoms with Crippen LogP contribution in [-0.2, 0) is 4.79 Å². The molecule has 16 heavy (non-hydrogen) atoms. The van der Waals surface area contributed by atoms with Gasteiger partial charge in [-0.1, -0.05) is 13.3 Å². The Balaban J connectivity index is 2.13. The summed E-state index contributed by atoms with van der Waals surface area (Å²) >= 11 is 0. The lowest BCUT2D eigenvalue weighted by atomic mass is 10.2. The molecule has 1 rings (SSSR count). The van der Waals surface area contributed by atoms with Gasteiger partial charge in [0, 0.05) is 39.1 Å². The second-order valence-corrected chi connectivity index (χ2v) is 4.54. The minimum Gasteiger partial charge on any atom is -0.340 e. The summed E-state index contributed by atoms with van der Waals surface area (Å²) < 4.78 is 0. The predicted molar refractivity (Wildman–Crippen MR) is 66.5 cm³/mol. The van der Waals surface area contributed by atoms with Crippen molar-refractivity contribution < 1.29 is 4.79 Å². The van der Waals surface area contributed by atoms with Gasteiger partial charge in [-0.3, -0.25) is 4.79 Å². The van der Waals surface area contributed by atoms with Crippen molar-refractivity contribution >= 4 is 5.91 Å². The molecular formula is C12H25N3O. The highest BCUT2D eigenvalue weighted by Crippen LogP contribution is 1.99. The Bertz CT molecular complexity index is 202. The Labute approximate surface area is 99.0 Å². The molecule has 1 amide bonds. The third kappa shape index (κ3) is 4.94. The van der Waals surface area contributed by atoms with E-state index in [1.165, 1.54) is 12.8 Å². The van der Waals surface area contributed by atoms with Crippen molar-refractivity contribution in [1.29, 1.82) is 0 Å². The standard InChI is InChI=1S/C12H25N3O/c1-3-4-8-14(2)9-5-12(16)15-10-6-13-7-11-15/h13H,3-11H2,1-2H3. The summed E-state index contributed by atoms with van der Waals surface area (Å²) in [5.41, 5.74) is 0. The summed E-state index contributed by atoms with van der Waals surface area (Å²) in [6, 6.07) is 0. The van der Waals surface area contributed by atoms with E-state index in [9.17, 15) is 4.79 Å². The molecule has 1 N–H and O–H groups in total. The zero-order valence-electron chi connectivity index (χ0n) is 10.7. The highest BCUT2D eigenvalue weighted by atomic mass is 16.2. The van der Waals surface area contributed by atoms with E-state index in [0.29, 0.717) is 12.3 Å². The summed E-state index contributed by atoms with van der Waals surface area (Å²) in [4.78, 5) is 16.1. The second-order valence-electron chi connectivity index (χ2n) is 4.54. The highest BCUT2D eigenvalue weighted by Gasteiger charge is 2.15. The van der Waals surface area contributed by atoms with E-state index >= 15 is 0 Å². The van der Waals surface area contributed by atoms with Gasteiger partial charge in [0.25, 0.3) is 0 Å². The van der Waals surface area contributed by atoms with Gasteiger partial charge in [0.15, 0.2) is 0 Å². The van der Waals surface area contributed by atoms with Crippen molar-refractivity contribution in [2.75, 3.05) is 46.3 Å². The number of carbonyl (C=O) groups excluding carboxylic acids is 1. The first-order chi connectivity index (χ1) is 7.74. The molecule has 0 spiro atoms. The number of hydrogen-bond acceptors (Lipinski definition) is 3. The minimum atomic E-state index is 0.310. The van der Waals surface area contributed by atoms with E-state index in [1.807, 2.05) is 4.90 Å². The van der Waals surface area contributed by atoms with Gasteiger partial charge in [0.05, 0.1) is 0 Å². The molecule has 0 bridgehead atoms. The number of rotatable bonds is 6. The maximum Gasteiger partial charge on any atom is 0.223 e. The Hall–Kier alpha value is -0.610. The maximum atomic E-state index is 11.8. The SMILES string of the molecule is CCCCN(C)CCC(=O)N1CCNCC1. The smallest absolute Gasteiger partial charge is 0.223 e. The molecule has 0 aromatic rings. The quantitative estimate of drug-likeness (QED) is 0.719. The number of nitrogens with zero attached hydrogens (tertiary/aromatic N) is 2. The summed E-state index contributed by atoms with van der Waals surface area (Å²) in [6.07, 6.45) is 3.11. The largest absolute Gasteiger partial charge is 0.340 e.